The van der Waals surface area contributed by atoms with Crippen molar-refractivity contribution >= 4 is 0 Å². The number of hydrogen-bond donors (Lipinski definition) is 0. The van der Waals surface area contributed by atoms with Crippen molar-refractivity contribution in [3.05, 3.63) is 46.8 Å². The third kappa shape index (κ3) is 4.92. The van der Waals surface area contributed by atoms with E-state index < -0.39 is 0 Å². The summed E-state index contributed by atoms with van der Waals surface area (Å²) < 4.78 is 42.0. The molecule has 1 atom stereocenters. The smallest absolute Gasteiger partial charge is 0.129 e. The van der Waals surface area contributed by atoms with E-state index in [0.29, 0.717) is 23.8 Å². The molecule has 1 fully saturated rings. The predicted octanol–water partition coefficient (Wildman–Crippen LogP) is 7.62. The Balaban J connectivity index is 1.51. The first-order valence-electron chi connectivity index (χ1n) is 10.4. The Bertz CT molecular complexity index is 603. The van der Waals surface area contributed by atoms with Gasteiger partial charge in [0.15, 0.2) is 0 Å². The number of hydrogen-bond acceptors (Lipinski definition) is 0. The summed E-state index contributed by atoms with van der Waals surface area (Å²) in [5, 5.41) is 0. The van der Waals surface area contributed by atoms with Crippen molar-refractivity contribution in [1.29, 1.82) is 0 Å². The van der Waals surface area contributed by atoms with Crippen LogP contribution in [-0.2, 0) is 6.42 Å². The van der Waals surface area contributed by atoms with Crippen LogP contribution in [0, 0.1) is 23.5 Å². The van der Waals surface area contributed by atoms with Crippen LogP contribution in [0.15, 0.2) is 24.0 Å². The van der Waals surface area contributed by atoms with E-state index in [1.807, 2.05) is 6.92 Å². The maximum atomic E-state index is 14.5. The highest BCUT2D eigenvalue weighted by atomic mass is 19.1. The Hall–Kier alpha value is -1.25. The van der Waals surface area contributed by atoms with Crippen LogP contribution < -0.4 is 0 Å². The van der Waals surface area contributed by atoms with Crippen molar-refractivity contribution in [2.75, 3.05) is 0 Å². The van der Waals surface area contributed by atoms with Crippen molar-refractivity contribution < 1.29 is 13.2 Å². The molecule has 3 rings (SSSR count). The zero-order chi connectivity index (χ0) is 18.5. The Morgan fingerprint density at radius 3 is 2.12 bits per heavy atom. The van der Waals surface area contributed by atoms with Gasteiger partial charge in [-0.1, -0.05) is 25.8 Å². The molecule has 0 spiro atoms. The molecule has 2 aliphatic carbocycles. The Kier molecular flexibility index (Phi) is 6.83. The summed E-state index contributed by atoms with van der Waals surface area (Å²) >= 11 is 0. The number of halogens is 3. The second-order valence-electron chi connectivity index (χ2n) is 8.31. The fraction of sp³-hybridized carbons (Fsp3) is 0.652. The lowest BCUT2D eigenvalue weighted by molar-refractivity contribution is 0.272. The lowest BCUT2D eigenvalue weighted by atomic mass is 9.75. The van der Waals surface area contributed by atoms with Gasteiger partial charge < -0.3 is 0 Å². The fourth-order valence-corrected chi connectivity index (χ4v) is 4.79. The average Bonchev–Trinajstić information content (AvgIpc) is 2.62. The standard InChI is InChI=1S/C23H31F3/c1-2-3-18-14-21(25)23(22(26)15-18)19-10-6-16(7-11-19)4-5-17-8-12-20(24)13-9-17/h12,14-17,19H,2-11,13H2,1H3. The van der Waals surface area contributed by atoms with Gasteiger partial charge in [-0.3, -0.25) is 0 Å². The molecule has 0 saturated heterocycles. The van der Waals surface area contributed by atoms with Crippen LogP contribution >= 0.6 is 0 Å². The molecule has 0 amide bonds. The lowest BCUT2D eigenvalue weighted by Crippen LogP contribution is -2.17. The van der Waals surface area contributed by atoms with Crippen LogP contribution in [0.25, 0.3) is 0 Å². The van der Waals surface area contributed by atoms with Crippen LogP contribution in [0.2, 0.25) is 0 Å². The molecule has 1 aromatic rings. The van der Waals surface area contributed by atoms with Gasteiger partial charge in [-0.15, -0.1) is 0 Å². The van der Waals surface area contributed by atoms with Crippen LogP contribution in [0.5, 0.6) is 0 Å². The molecule has 0 bridgehead atoms. The molecular weight excluding hydrogens is 333 g/mol. The van der Waals surface area contributed by atoms with Crippen molar-refractivity contribution in [1.82, 2.24) is 0 Å². The highest BCUT2D eigenvalue weighted by Gasteiger charge is 2.27. The maximum absolute atomic E-state index is 14.5. The van der Waals surface area contributed by atoms with Gasteiger partial charge in [0.1, 0.15) is 11.6 Å². The predicted molar refractivity (Wildman–Crippen MR) is 101 cm³/mol. The minimum absolute atomic E-state index is 0.0219. The highest BCUT2D eigenvalue weighted by molar-refractivity contribution is 5.29. The van der Waals surface area contributed by atoms with E-state index in [-0.39, 0.29) is 23.4 Å². The van der Waals surface area contributed by atoms with Gasteiger partial charge in [0.2, 0.25) is 0 Å². The molecule has 0 radical (unpaired) electrons. The molecule has 144 valence electrons. The summed E-state index contributed by atoms with van der Waals surface area (Å²) in [5.41, 5.74) is 1.08. The third-order valence-electron chi connectivity index (χ3n) is 6.38. The molecule has 3 heteroatoms. The molecule has 1 unspecified atom stereocenters. The molecule has 0 heterocycles. The van der Waals surface area contributed by atoms with Crippen LogP contribution in [-0.4, -0.2) is 0 Å². The minimum Gasteiger partial charge on any atom is -0.212 e. The first-order chi connectivity index (χ1) is 12.6. The molecule has 1 aromatic carbocycles. The first-order valence-corrected chi connectivity index (χ1v) is 10.4. The van der Waals surface area contributed by atoms with Crippen molar-refractivity contribution in [2.24, 2.45) is 11.8 Å². The lowest BCUT2D eigenvalue weighted by Gasteiger charge is -2.30. The Morgan fingerprint density at radius 1 is 0.885 bits per heavy atom. The van der Waals surface area contributed by atoms with Gasteiger partial charge >= 0.3 is 0 Å². The number of allylic oxidation sites excluding steroid dienone is 2. The molecule has 1 saturated carbocycles. The van der Waals surface area contributed by atoms with Gasteiger partial charge in [0.05, 0.1) is 5.83 Å². The van der Waals surface area contributed by atoms with E-state index in [2.05, 4.69) is 0 Å². The largest absolute Gasteiger partial charge is 0.212 e. The monoisotopic (exact) mass is 364 g/mol. The molecule has 2 aliphatic rings. The number of benzene rings is 1. The van der Waals surface area contributed by atoms with Gasteiger partial charge in [-0.05, 0) is 93.2 Å². The summed E-state index contributed by atoms with van der Waals surface area (Å²) in [7, 11) is 0. The molecule has 0 N–H and O–H groups in total. The highest BCUT2D eigenvalue weighted by Crippen LogP contribution is 2.41. The molecule has 0 nitrogen and oxygen atoms in total. The zero-order valence-electron chi connectivity index (χ0n) is 15.9. The van der Waals surface area contributed by atoms with Gasteiger partial charge in [-0.2, -0.15) is 0 Å². The molecule has 26 heavy (non-hydrogen) atoms. The first kappa shape index (κ1) is 19.5. The summed E-state index contributed by atoms with van der Waals surface area (Å²) in [5.74, 6) is 0.644. The summed E-state index contributed by atoms with van der Waals surface area (Å²) in [6.07, 6.45) is 12.0. The summed E-state index contributed by atoms with van der Waals surface area (Å²) in [6.45, 7) is 2.02. The zero-order valence-corrected chi connectivity index (χ0v) is 15.9. The van der Waals surface area contributed by atoms with E-state index in [4.69, 9.17) is 0 Å². The summed E-state index contributed by atoms with van der Waals surface area (Å²) in [4.78, 5) is 0. The van der Waals surface area contributed by atoms with Crippen LogP contribution in [0.3, 0.4) is 0 Å². The van der Waals surface area contributed by atoms with Crippen LogP contribution in [0.4, 0.5) is 13.2 Å². The van der Waals surface area contributed by atoms with E-state index in [1.165, 1.54) is 18.6 Å². The topological polar surface area (TPSA) is 0 Å². The fourth-order valence-electron chi connectivity index (χ4n) is 4.79. The third-order valence-corrected chi connectivity index (χ3v) is 6.38. The Labute approximate surface area is 155 Å². The van der Waals surface area contributed by atoms with E-state index in [9.17, 15) is 13.2 Å². The minimum atomic E-state index is -0.354. The van der Waals surface area contributed by atoms with E-state index in [1.54, 1.807) is 6.08 Å². The number of rotatable bonds is 6. The number of aryl methyl sites for hydroxylation is 1. The van der Waals surface area contributed by atoms with Crippen molar-refractivity contribution in [2.45, 2.75) is 83.5 Å². The van der Waals surface area contributed by atoms with Crippen molar-refractivity contribution in [3.63, 3.8) is 0 Å². The second kappa shape index (κ2) is 9.10. The molecule has 0 aromatic heterocycles. The molecular formula is C23H31F3. The average molecular weight is 364 g/mol. The van der Waals surface area contributed by atoms with Gasteiger partial charge in [-0.25, -0.2) is 13.2 Å². The van der Waals surface area contributed by atoms with Crippen LogP contribution in [0.1, 0.15) is 88.2 Å². The van der Waals surface area contributed by atoms with Gasteiger partial charge in [0, 0.05) is 5.56 Å². The van der Waals surface area contributed by atoms with E-state index >= 15 is 0 Å². The molecule has 0 aliphatic heterocycles. The normalized spacial score (nSPS) is 26.6. The maximum Gasteiger partial charge on any atom is 0.129 e. The second-order valence-corrected chi connectivity index (χ2v) is 8.31. The Morgan fingerprint density at radius 2 is 1.54 bits per heavy atom. The van der Waals surface area contributed by atoms with Crippen molar-refractivity contribution in [3.8, 4) is 0 Å². The van der Waals surface area contributed by atoms with Gasteiger partial charge in [0.25, 0.3) is 0 Å². The quantitative estimate of drug-likeness (QED) is 0.487. The summed E-state index contributed by atoms with van der Waals surface area (Å²) in [6, 6.07) is 3.06. The SMILES string of the molecule is CCCc1cc(F)c(C2CCC(CCC3CC=C(F)CC3)CC2)c(F)c1. The van der Waals surface area contributed by atoms with E-state index in [0.717, 1.165) is 63.4 Å².